The summed E-state index contributed by atoms with van der Waals surface area (Å²) in [7, 11) is 0. The van der Waals surface area contributed by atoms with Gasteiger partial charge in [-0.05, 0) is 50.2 Å². The maximum Gasteiger partial charge on any atom is 0.229 e. The first-order valence-corrected chi connectivity index (χ1v) is 8.94. The third-order valence-electron chi connectivity index (χ3n) is 4.13. The van der Waals surface area contributed by atoms with E-state index in [1.807, 2.05) is 38.1 Å². The molecule has 0 aliphatic carbocycles. The third-order valence-corrected chi connectivity index (χ3v) is 4.45. The summed E-state index contributed by atoms with van der Waals surface area (Å²) in [5.74, 6) is 0.0636. The van der Waals surface area contributed by atoms with Crippen LogP contribution in [0.15, 0.2) is 48.5 Å². The Morgan fingerprint density at radius 2 is 1.88 bits per heavy atom. The van der Waals surface area contributed by atoms with E-state index in [4.69, 9.17) is 16.3 Å². The number of hydrogen-bond donors (Lipinski definition) is 1. The number of nitrogens with one attached hydrogen (secondary N) is 1. The topological polar surface area (TPSA) is 58.6 Å². The molecule has 0 aromatic heterocycles. The number of ether oxygens (including phenoxy) is 1. The number of rotatable bonds is 5. The van der Waals surface area contributed by atoms with Gasteiger partial charge in [-0.25, -0.2) is 0 Å². The van der Waals surface area contributed by atoms with Gasteiger partial charge in [-0.2, -0.15) is 0 Å². The van der Waals surface area contributed by atoms with Crippen LogP contribution in [-0.2, 0) is 9.59 Å². The molecule has 1 fully saturated rings. The molecule has 2 aromatic carbocycles. The second-order valence-electron chi connectivity index (χ2n) is 6.54. The minimum Gasteiger partial charge on any atom is -0.491 e. The van der Waals surface area contributed by atoms with Crippen LogP contribution in [0.3, 0.4) is 0 Å². The van der Waals surface area contributed by atoms with E-state index in [-0.39, 0.29) is 24.3 Å². The molecule has 1 N–H and O–H groups in total. The van der Waals surface area contributed by atoms with Gasteiger partial charge in [0.1, 0.15) is 5.75 Å². The number of hydrogen-bond acceptors (Lipinski definition) is 3. The Kier molecular flexibility index (Phi) is 5.47. The molecule has 1 saturated heterocycles. The second-order valence-corrected chi connectivity index (χ2v) is 6.94. The Morgan fingerprint density at radius 1 is 1.19 bits per heavy atom. The van der Waals surface area contributed by atoms with Crippen LogP contribution in [0, 0.1) is 5.92 Å². The summed E-state index contributed by atoms with van der Waals surface area (Å²) >= 11 is 6.17. The van der Waals surface area contributed by atoms with Crippen molar-refractivity contribution in [2.24, 2.45) is 5.92 Å². The minimum absolute atomic E-state index is 0.0933. The van der Waals surface area contributed by atoms with E-state index in [2.05, 4.69) is 5.32 Å². The van der Waals surface area contributed by atoms with Crippen molar-refractivity contribution in [3.8, 4) is 5.75 Å². The molecule has 136 valence electrons. The normalized spacial score (nSPS) is 16.8. The summed E-state index contributed by atoms with van der Waals surface area (Å²) in [6.07, 6.45) is 0.265. The van der Waals surface area contributed by atoms with Crippen molar-refractivity contribution in [3.63, 3.8) is 0 Å². The van der Waals surface area contributed by atoms with E-state index in [9.17, 15) is 9.59 Å². The lowest BCUT2D eigenvalue weighted by Crippen LogP contribution is -2.28. The zero-order valence-corrected chi connectivity index (χ0v) is 15.5. The molecule has 0 radical (unpaired) electrons. The van der Waals surface area contributed by atoms with Gasteiger partial charge in [-0.1, -0.05) is 23.7 Å². The van der Waals surface area contributed by atoms with Crippen molar-refractivity contribution in [1.82, 2.24) is 0 Å². The van der Waals surface area contributed by atoms with Gasteiger partial charge in [-0.15, -0.1) is 0 Å². The Hall–Kier alpha value is -2.53. The summed E-state index contributed by atoms with van der Waals surface area (Å²) in [4.78, 5) is 26.4. The van der Waals surface area contributed by atoms with Gasteiger partial charge in [0.2, 0.25) is 11.8 Å². The zero-order chi connectivity index (χ0) is 18.7. The van der Waals surface area contributed by atoms with Crippen molar-refractivity contribution in [3.05, 3.63) is 53.6 Å². The number of para-hydroxylation sites is 1. The second kappa shape index (κ2) is 7.79. The van der Waals surface area contributed by atoms with Gasteiger partial charge in [0.15, 0.2) is 0 Å². The summed E-state index contributed by atoms with van der Waals surface area (Å²) in [6.45, 7) is 4.23. The Morgan fingerprint density at radius 3 is 2.54 bits per heavy atom. The largest absolute Gasteiger partial charge is 0.491 e. The molecule has 1 aliphatic heterocycles. The Balaban J connectivity index is 1.64. The number of nitrogens with zero attached hydrogens (tertiary/aromatic N) is 1. The van der Waals surface area contributed by atoms with Crippen LogP contribution in [0.25, 0.3) is 0 Å². The van der Waals surface area contributed by atoms with E-state index < -0.39 is 5.92 Å². The van der Waals surface area contributed by atoms with Crippen molar-refractivity contribution < 1.29 is 14.3 Å². The molecule has 6 heteroatoms. The van der Waals surface area contributed by atoms with E-state index in [1.54, 1.807) is 29.2 Å². The number of carbonyl (C=O) groups is 2. The fraction of sp³-hybridized carbons (Fsp3) is 0.300. The number of carbonyl (C=O) groups excluding carboxylic acids is 2. The van der Waals surface area contributed by atoms with Crippen LogP contribution in [0.4, 0.5) is 11.4 Å². The highest BCUT2D eigenvalue weighted by molar-refractivity contribution is 6.33. The molecular formula is C20H21ClN2O3. The molecule has 2 aromatic rings. The lowest BCUT2D eigenvalue weighted by Gasteiger charge is -2.18. The van der Waals surface area contributed by atoms with E-state index in [1.165, 1.54) is 0 Å². The van der Waals surface area contributed by atoms with E-state index in [0.717, 1.165) is 5.75 Å². The molecule has 1 atom stereocenters. The van der Waals surface area contributed by atoms with Gasteiger partial charge in [-0.3, -0.25) is 9.59 Å². The molecule has 1 aliphatic rings. The Labute approximate surface area is 157 Å². The van der Waals surface area contributed by atoms with Crippen LogP contribution in [0.5, 0.6) is 5.75 Å². The van der Waals surface area contributed by atoms with Gasteiger partial charge in [0, 0.05) is 18.7 Å². The molecule has 1 heterocycles. The number of anilines is 2. The maximum atomic E-state index is 12.5. The van der Waals surface area contributed by atoms with E-state index in [0.29, 0.717) is 22.9 Å². The standard InChI is InChI=1S/C20H21ClN2O3/c1-13(2)26-16-9-7-15(8-10-16)22-20(25)14-11-19(24)23(12-14)18-6-4-3-5-17(18)21/h3-10,13-14H,11-12H2,1-2H3,(H,22,25). The predicted octanol–water partition coefficient (Wildman–Crippen LogP) is 4.12. The lowest BCUT2D eigenvalue weighted by molar-refractivity contribution is -0.122. The highest BCUT2D eigenvalue weighted by Crippen LogP contribution is 2.31. The Bertz CT molecular complexity index is 805. The molecule has 1 unspecified atom stereocenters. The molecule has 3 rings (SSSR count). The lowest BCUT2D eigenvalue weighted by atomic mass is 10.1. The molecule has 0 spiro atoms. The average molecular weight is 373 g/mol. The van der Waals surface area contributed by atoms with E-state index >= 15 is 0 Å². The van der Waals surface area contributed by atoms with Crippen LogP contribution in [0.1, 0.15) is 20.3 Å². The van der Waals surface area contributed by atoms with Crippen molar-refractivity contribution in [2.45, 2.75) is 26.4 Å². The first-order chi connectivity index (χ1) is 12.4. The van der Waals surface area contributed by atoms with Gasteiger partial charge in [0.25, 0.3) is 0 Å². The smallest absolute Gasteiger partial charge is 0.229 e. The molecule has 2 amide bonds. The first-order valence-electron chi connectivity index (χ1n) is 8.56. The molecule has 0 bridgehead atoms. The van der Waals surface area contributed by atoms with Gasteiger partial charge in [0.05, 0.1) is 22.7 Å². The third kappa shape index (κ3) is 4.17. The minimum atomic E-state index is -0.412. The van der Waals surface area contributed by atoms with Crippen molar-refractivity contribution >= 4 is 34.8 Å². The quantitative estimate of drug-likeness (QED) is 0.858. The van der Waals surface area contributed by atoms with Crippen LogP contribution in [0.2, 0.25) is 5.02 Å². The summed E-state index contributed by atoms with van der Waals surface area (Å²) in [5.41, 5.74) is 1.32. The summed E-state index contributed by atoms with van der Waals surface area (Å²) in [6, 6.07) is 14.4. The SMILES string of the molecule is CC(C)Oc1ccc(NC(=O)C2CC(=O)N(c3ccccc3Cl)C2)cc1. The number of halogens is 1. The molecule has 26 heavy (non-hydrogen) atoms. The van der Waals surface area contributed by atoms with Crippen molar-refractivity contribution in [2.75, 3.05) is 16.8 Å². The maximum absolute atomic E-state index is 12.5. The van der Waals surface area contributed by atoms with Crippen LogP contribution >= 0.6 is 11.6 Å². The first kappa shape index (κ1) is 18.3. The number of amides is 2. The fourth-order valence-corrected chi connectivity index (χ4v) is 3.16. The van der Waals surface area contributed by atoms with Crippen LogP contribution < -0.4 is 15.0 Å². The fourth-order valence-electron chi connectivity index (χ4n) is 2.92. The van der Waals surface area contributed by atoms with Crippen LogP contribution in [-0.4, -0.2) is 24.5 Å². The predicted molar refractivity (Wildman–Crippen MR) is 103 cm³/mol. The highest BCUT2D eigenvalue weighted by Gasteiger charge is 2.35. The summed E-state index contributed by atoms with van der Waals surface area (Å²) < 4.78 is 5.59. The molecule has 5 nitrogen and oxygen atoms in total. The highest BCUT2D eigenvalue weighted by atomic mass is 35.5. The summed E-state index contributed by atoms with van der Waals surface area (Å²) in [5, 5.41) is 3.37. The monoisotopic (exact) mass is 372 g/mol. The number of benzene rings is 2. The average Bonchev–Trinajstić information content (AvgIpc) is 2.98. The van der Waals surface area contributed by atoms with Gasteiger partial charge < -0.3 is 15.0 Å². The molecular weight excluding hydrogens is 352 g/mol. The van der Waals surface area contributed by atoms with Gasteiger partial charge >= 0.3 is 0 Å². The van der Waals surface area contributed by atoms with Crippen molar-refractivity contribution in [1.29, 1.82) is 0 Å². The molecule has 0 saturated carbocycles. The zero-order valence-electron chi connectivity index (χ0n) is 14.7.